The number of carbonyl (C=O) groups excluding carboxylic acids is 1. The van der Waals surface area contributed by atoms with Crippen LogP contribution in [-0.4, -0.2) is 12.3 Å². The van der Waals surface area contributed by atoms with Gasteiger partial charge in [0, 0.05) is 17.9 Å². The average molecular weight is 223 g/mol. The van der Waals surface area contributed by atoms with Crippen LogP contribution in [0.15, 0.2) is 0 Å². The van der Waals surface area contributed by atoms with Crippen LogP contribution >= 0.6 is 0 Å². The van der Waals surface area contributed by atoms with Crippen molar-refractivity contribution in [2.75, 3.05) is 6.54 Å². The summed E-state index contributed by atoms with van der Waals surface area (Å²) in [4.78, 5) is 12.6. The lowest BCUT2D eigenvalue weighted by molar-refractivity contribution is -0.134. The first-order valence-electron chi connectivity index (χ1n) is 6.92. The summed E-state index contributed by atoms with van der Waals surface area (Å²) in [5.41, 5.74) is 5.79. The highest BCUT2D eigenvalue weighted by Crippen LogP contribution is 2.43. The Hall–Kier alpha value is -0.370. The monoisotopic (exact) mass is 223 g/mol. The van der Waals surface area contributed by atoms with Gasteiger partial charge in [-0.15, -0.1) is 0 Å². The SMILES string of the molecule is CC1CCC(CN)(C(=O)C2CCCC2)CC1. The molecule has 0 unspecified atom stereocenters. The Kier molecular flexibility index (Phi) is 3.68. The van der Waals surface area contributed by atoms with Gasteiger partial charge in [-0.05, 0) is 44.4 Å². The summed E-state index contributed by atoms with van der Waals surface area (Å²) in [6.45, 7) is 2.87. The van der Waals surface area contributed by atoms with E-state index in [0.29, 0.717) is 18.2 Å². The molecule has 0 saturated heterocycles. The molecule has 0 aliphatic heterocycles. The van der Waals surface area contributed by atoms with E-state index in [0.717, 1.165) is 31.6 Å². The Bertz CT molecular complexity index is 247. The van der Waals surface area contributed by atoms with Gasteiger partial charge in [0.2, 0.25) is 0 Å². The van der Waals surface area contributed by atoms with E-state index in [-0.39, 0.29) is 5.41 Å². The summed E-state index contributed by atoms with van der Waals surface area (Å²) < 4.78 is 0. The van der Waals surface area contributed by atoms with E-state index in [1.807, 2.05) is 0 Å². The highest BCUT2D eigenvalue weighted by atomic mass is 16.1. The minimum absolute atomic E-state index is 0.137. The van der Waals surface area contributed by atoms with Crippen molar-refractivity contribution >= 4 is 5.78 Å². The Labute approximate surface area is 99.0 Å². The van der Waals surface area contributed by atoms with Gasteiger partial charge < -0.3 is 5.73 Å². The van der Waals surface area contributed by atoms with Crippen molar-refractivity contribution in [2.24, 2.45) is 23.0 Å². The van der Waals surface area contributed by atoms with E-state index in [2.05, 4.69) is 6.92 Å². The number of rotatable bonds is 3. The third-order valence-corrected chi connectivity index (χ3v) is 4.87. The second kappa shape index (κ2) is 4.87. The van der Waals surface area contributed by atoms with Crippen LogP contribution in [0.5, 0.6) is 0 Å². The van der Waals surface area contributed by atoms with Crippen LogP contribution in [-0.2, 0) is 4.79 Å². The Balaban J connectivity index is 2.05. The van der Waals surface area contributed by atoms with Crippen molar-refractivity contribution in [2.45, 2.75) is 58.3 Å². The molecule has 0 aromatic carbocycles. The van der Waals surface area contributed by atoms with E-state index in [4.69, 9.17) is 5.73 Å². The highest BCUT2D eigenvalue weighted by molar-refractivity contribution is 5.87. The molecule has 2 rings (SSSR count). The molecule has 0 amide bonds. The predicted octanol–water partition coefficient (Wildman–Crippen LogP) is 2.90. The third-order valence-electron chi connectivity index (χ3n) is 4.87. The number of hydrogen-bond acceptors (Lipinski definition) is 2. The van der Waals surface area contributed by atoms with Crippen LogP contribution in [0.25, 0.3) is 0 Å². The summed E-state index contributed by atoms with van der Waals surface area (Å²) in [7, 11) is 0. The molecular weight excluding hydrogens is 198 g/mol. The lowest BCUT2D eigenvalue weighted by atomic mass is 9.65. The van der Waals surface area contributed by atoms with Gasteiger partial charge in [0.15, 0.2) is 0 Å². The van der Waals surface area contributed by atoms with Crippen LogP contribution in [0.3, 0.4) is 0 Å². The Morgan fingerprint density at radius 1 is 1.19 bits per heavy atom. The molecular formula is C14H25NO. The number of Topliss-reactive ketones (excluding diaryl/α,β-unsaturated/α-hetero) is 1. The van der Waals surface area contributed by atoms with Gasteiger partial charge in [0.1, 0.15) is 5.78 Å². The van der Waals surface area contributed by atoms with Crippen molar-refractivity contribution in [3.8, 4) is 0 Å². The van der Waals surface area contributed by atoms with E-state index >= 15 is 0 Å². The molecule has 0 aromatic heterocycles. The van der Waals surface area contributed by atoms with Crippen molar-refractivity contribution in [1.29, 1.82) is 0 Å². The summed E-state index contributed by atoms with van der Waals surface area (Å²) in [6, 6.07) is 0. The van der Waals surface area contributed by atoms with E-state index < -0.39 is 0 Å². The second-order valence-electron chi connectivity index (χ2n) is 6.01. The van der Waals surface area contributed by atoms with Gasteiger partial charge in [0.05, 0.1) is 0 Å². The molecule has 0 aromatic rings. The molecule has 0 heterocycles. The predicted molar refractivity (Wildman–Crippen MR) is 66.1 cm³/mol. The van der Waals surface area contributed by atoms with Gasteiger partial charge in [-0.25, -0.2) is 0 Å². The summed E-state index contributed by atoms with van der Waals surface area (Å²) in [5, 5.41) is 0. The largest absolute Gasteiger partial charge is 0.329 e. The molecule has 2 aliphatic carbocycles. The van der Waals surface area contributed by atoms with E-state index in [1.165, 1.54) is 25.7 Å². The van der Waals surface area contributed by atoms with Crippen molar-refractivity contribution in [3.05, 3.63) is 0 Å². The molecule has 2 heteroatoms. The smallest absolute Gasteiger partial charge is 0.143 e. The molecule has 0 spiro atoms. The first-order chi connectivity index (χ1) is 7.68. The summed E-state index contributed by atoms with van der Waals surface area (Å²) >= 11 is 0. The lowest BCUT2D eigenvalue weighted by Crippen LogP contribution is -2.44. The first kappa shape index (κ1) is 12.1. The molecule has 2 N–H and O–H groups in total. The molecule has 0 bridgehead atoms. The summed E-state index contributed by atoms with van der Waals surface area (Å²) in [5.74, 6) is 1.65. The topological polar surface area (TPSA) is 43.1 Å². The first-order valence-corrected chi connectivity index (χ1v) is 6.92. The van der Waals surface area contributed by atoms with Crippen LogP contribution < -0.4 is 5.73 Å². The quantitative estimate of drug-likeness (QED) is 0.799. The number of hydrogen-bond donors (Lipinski definition) is 1. The molecule has 0 radical (unpaired) electrons. The molecule has 16 heavy (non-hydrogen) atoms. The van der Waals surface area contributed by atoms with Crippen molar-refractivity contribution < 1.29 is 4.79 Å². The lowest BCUT2D eigenvalue weighted by Gasteiger charge is -2.38. The highest BCUT2D eigenvalue weighted by Gasteiger charge is 2.43. The minimum Gasteiger partial charge on any atom is -0.329 e. The second-order valence-corrected chi connectivity index (χ2v) is 6.01. The zero-order valence-electron chi connectivity index (χ0n) is 10.5. The fourth-order valence-electron chi connectivity index (χ4n) is 3.49. The van der Waals surface area contributed by atoms with Crippen LogP contribution in [0.1, 0.15) is 58.3 Å². The maximum absolute atomic E-state index is 12.6. The van der Waals surface area contributed by atoms with Gasteiger partial charge >= 0.3 is 0 Å². The van der Waals surface area contributed by atoms with Gasteiger partial charge in [-0.2, -0.15) is 0 Å². The number of carbonyl (C=O) groups is 1. The number of ketones is 1. The van der Waals surface area contributed by atoms with Crippen LogP contribution in [0.2, 0.25) is 0 Å². The van der Waals surface area contributed by atoms with Gasteiger partial charge in [-0.3, -0.25) is 4.79 Å². The Morgan fingerprint density at radius 2 is 1.75 bits per heavy atom. The molecule has 2 aliphatic rings. The molecule has 2 fully saturated rings. The van der Waals surface area contributed by atoms with Gasteiger partial charge in [-0.1, -0.05) is 19.8 Å². The fraction of sp³-hybridized carbons (Fsp3) is 0.929. The Morgan fingerprint density at radius 3 is 2.25 bits per heavy atom. The minimum atomic E-state index is -0.137. The maximum Gasteiger partial charge on any atom is 0.143 e. The standard InChI is InChI=1S/C14H25NO/c1-11-6-8-14(10-15,9-7-11)13(16)12-4-2-3-5-12/h11-12H,2-10,15H2,1H3. The zero-order valence-corrected chi connectivity index (χ0v) is 10.5. The van der Waals surface area contributed by atoms with Crippen molar-refractivity contribution in [3.63, 3.8) is 0 Å². The van der Waals surface area contributed by atoms with Crippen LogP contribution in [0.4, 0.5) is 0 Å². The average Bonchev–Trinajstić information content (AvgIpc) is 2.83. The van der Waals surface area contributed by atoms with Crippen molar-refractivity contribution in [1.82, 2.24) is 0 Å². The molecule has 0 atom stereocenters. The van der Waals surface area contributed by atoms with Gasteiger partial charge in [0.25, 0.3) is 0 Å². The molecule has 2 nitrogen and oxygen atoms in total. The van der Waals surface area contributed by atoms with Crippen LogP contribution in [0, 0.1) is 17.3 Å². The summed E-state index contributed by atoms with van der Waals surface area (Å²) in [6.07, 6.45) is 9.19. The molecule has 92 valence electrons. The maximum atomic E-state index is 12.6. The zero-order chi connectivity index (χ0) is 11.6. The number of nitrogens with two attached hydrogens (primary N) is 1. The normalized spacial score (nSPS) is 36.5. The fourth-order valence-corrected chi connectivity index (χ4v) is 3.49. The van der Waals surface area contributed by atoms with E-state index in [9.17, 15) is 4.79 Å². The molecule has 2 saturated carbocycles. The third kappa shape index (κ3) is 2.17. The van der Waals surface area contributed by atoms with E-state index in [1.54, 1.807) is 0 Å².